The molecule has 2 aromatic carbocycles. The summed E-state index contributed by atoms with van der Waals surface area (Å²) in [4.78, 5) is 32.1. The average molecular weight is 410 g/mol. The second-order valence-corrected chi connectivity index (χ2v) is 7.44. The molecule has 0 saturated carbocycles. The molecule has 1 atom stereocenters. The Labute approximate surface area is 178 Å². The number of carbonyl (C=O) groups is 2. The van der Waals surface area contributed by atoms with Crippen LogP contribution in [0.2, 0.25) is 0 Å². The van der Waals surface area contributed by atoms with Gasteiger partial charge in [0.2, 0.25) is 5.78 Å². The molecule has 1 aliphatic heterocycles. The van der Waals surface area contributed by atoms with E-state index in [1.807, 2.05) is 37.3 Å². The standard InChI is InChI=1S/C25H18N2O4/c1-15-8-10-18(11-9-15)27-22(17-6-4-12-26-14-17)21(24(29)25(27)30)23(28)20-13-16-5-2-3-7-19(16)31-20/h2-14,22,29H,1H3. The number of aliphatic hydroxyl groups excluding tert-OH is 1. The topological polar surface area (TPSA) is 83.6 Å². The third-order valence-corrected chi connectivity index (χ3v) is 5.41. The fourth-order valence-corrected chi connectivity index (χ4v) is 3.89. The second kappa shape index (κ2) is 7.25. The molecule has 152 valence electrons. The monoisotopic (exact) mass is 410 g/mol. The summed E-state index contributed by atoms with van der Waals surface area (Å²) < 4.78 is 5.73. The maximum Gasteiger partial charge on any atom is 0.294 e. The number of nitrogens with zero attached hydrogens (tertiary/aromatic N) is 2. The molecule has 0 saturated heterocycles. The van der Waals surface area contributed by atoms with Gasteiger partial charge in [-0.1, -0.05) is 42.0 Å². The second-order valence-electron chi connectivity index (χ2n) is 7.44. The number of hydrogen-bond acceptors (Lipinski definition) is 5. The van der Waals surface area contributed by atoms with Crippen LogP contribution in [-0.2, 0) is 4.79 Å². The van der Waals surface area contributed by atoms with Gasteiger partial charge in [-0.05, 0) is 42.8 Å². The maximum absolute atomic E-state index is 13.5. The number of aromatic nitrogens is 1. The molecule has 1 unspecified atom stereocenters. The van der Waals surface area contributed by atoms with Gasteiger partial charge in [0.25, 0.3) is 5.91 Å². The Morgan fingerprint density at radius 3 is 2.55 bits per heavy atom. The maximum atomic E-state index is 13.5. The van der Waals surface area contributed by atoms with Crippen molar-refractivity contribution in [2.24, 2.45) is 0 Å². The average Bonchev–Trinajstić information content (AvgIpc) is 3.34. The van der Waals surface area contributed by atoms with Gasteiger partial charge < -0.3 is 9.52 Å². The Hall–Kier alpha value is -4.19. The molecule has 4 aromatic rings. The molecule has 0 spiro atoms. The van der Waals surface area contributed by atoms with Crippen LogP contribution in [0.3, 0.4) is 0 Å². The van der Waals surface area contributed by atoms with Crippen LogP contribution in [0, 0.1) is 6.92 Å². The van der Waals surface area contributed by atoms with Crippen LogP contribution < -0.4 is 4.90 Å². The Kier molecular flexibility index (Phi) is 4.40. The van der Waals surface area contributed by atoms with Gasteiger partial charge in [0.1, 0.15) is 5.58 Å². The Morgan fingerprint density at radius 2 is 1.84 bits per heavy atom. The third-order valence-electron chi connectivity index (χ3n) is 5.41. The van der Waals surface area contributed by atoms with E-state index in [9.17, 15) is 14.7 Å². The number of pyridine rings is 1. The van der Waals surface area contributed by atoms with E-state index in [2.05, 4.69) is 4.98 Å². The Bertz CT molecular complexity index is 1300. The van der Waals surface area contributed by atoms with Gasteiger partial charge in [-0.25, -0.2) is 0 Å². The lowest BCUT2D eigenvalue weighted by molar-refractivity contribution is -0.117. The normalized spacial score (nSPS) is 16.4. The number of hydrogen-bond donors (Lipinski definition) is 1. The number of benzene rings is 2. The van der Waals surface area contributed by atoms with E-state index < -0.39 is 23.5 Å². The lowest BCUT2D eigenvalue weighted by Crippen LogP contribution is -2.31. The molecule has 6 nitrogen and oxygen atoms in total. The van der Waals surface area contributed by atoms with Gasteiger partial charge in [-0.15, -0.1) is 0 Å². The summed E-state index contributed by atoms with van der Waals surface area (Å²) in [5.41, 5.74) is 2.74. The number of aliphatic hydroxyl groups is 1. The molecular formula is C25H18N2O4. The summed E-state index contributed by atoms with van der Waals surface area (Å²) in [6.45, 7) is 1.94. The summed E-state index contributed by atoms with van der Waals surface area (Å²) in [5.74, 6) is -1.70. The summed E-state index contributed by atoms with van der Waals surface area (Å²) in [6.07, 6.45) is 3.20. The van der Waals surface area contributed by atoms with Crippen molar-refractivity contribution in [3.63, 3.8) is 0 Å². The first kappa shape index (κ1) is 18.8. The molecule has 0 aliphatic carbocycles. The van der Waals surface area contributed by atoms with Gasteiger partial charge in [0.05, 0.1) is 11.6 Å². The molecule has 3 heterocycles. The van der Waals surface area contributed by atoms with Crippen LogP contribution >= 0.6 is 0 Å². The largest absolute Gasteiger partial charge is 0.503 e. The van der Waals surface area contributed by atoms with E-state index in [1.54, 1.807) is 48.8 Å². The van der Waals surface area contributed by atoms with Crippen LogP contribution in [-0.4, -0.2) is 21.8 Å². The number of carbonyl (C=O) groups excluding carboxylic acids is 2. The predicted molar refractivity (Wildman–Crippen MR) is 116 cm³/mol. The van der Waals surface area contributed by atoms with Crippen molar-refractivity contribution in [3.8, 4) is 0 Å². The number of anilines is 1. The summed E-state index contributed by atoms with van der Waals surface area (Å²) in [6, 6.07) is 18.9. The molecule has 0 fully saturated rings. The zero-order valence-electron chi connectivity index (χ0n) is 16.6. The first-order valence-corrected chi connectivity index (χ1v) is 9.81. The number of furan rings is 1. The molecule has 5 rings (SSSR count). The molecule has 31 heavy (non-hydrogen) atoms. The SMILES string of the molecule is Cc1ccc(N2C(=O)C(O)=C(C(=O)c3cc4ccccc4o3)C2c2cccnc2)cc1. The fourth-order valence-electron chi connectivity index (χ4n) is 3.89. The number of para-hydroxylation sites is 1. The highest BCUT2D eigenvalue weighted by Gasteiger charge is 2.45. The van der Waals surface area contributed by atoms with E-state index in [0.29, 0.717) is 16.8 Å². The quantitative estimate of drug-likeness (QED) is 0.483. The van der Waals surface area contributed by atoms with Gasteiger partial charge >= 0.3 is 0 Å². The highest BCUT2D eigenvalue weighted by atomic mass is 16.3. The summed E-state index contributed by atoms with van der Waals surface area (Å²) in [5, 5.41) is 11.6. The Morgan fingerprint density at radius 1 is 1.06 bits per heavy atom. The molecule has 2 aromatic heterocycles. The number of amides is 1. The minimum absolute atomic E-state index is 0.0300. The van der Waals surface area contributed by atoms with Crippen molar-refractivity contribution < 1.29 is 19.1 Å². The molecule has 0 radical (unpaired) electrons. The van der Waals surface area contributed by atoms with Crippen molar-refractivity contribution in [2.45, 2.75) is 13.0 Å². The van der Waals surface area contributed by atoms with Crippen LogP contribution in [0.25, 0.3) is 11.0 Å². The first-order chi connectivity index (χ1) is 15.0. The molecule has 1 amide bonds. The van der Waals surface area contributed by atoms with Crippen molar-refractivity contribution in [2.75, 3.05) is 4.90 Å². The van der Waals surface area contributed by atoms with Crippen LogP contribution in [0.5, 0.6) is 0 Å². The highest BCUT2D eigenvalue weighted by molar-refractivity contribution is 6.20. The lowest BCUT2D eigenvalue weighted by Gasteiger charge is -2.26. The molecule has 6 heteroatoms. The van der Waals surface area contributed by atoms with Gasteiger partial charge in [-0.2, -0.15) is 0 Å². The van der Waals surface area contributed by atoms with E-state index >= 15 is 0 Å². The highest BCUT2D eigenvalue weighted by Crippen LogP contribution is 2.42. The van der Waals surface area contributed by atoms with E-state index in [-0.39, 0.29) is 11.3 Å². The molecule has 1 N–H and O–H groups in total. The molecule has 0 bridgehead atoms. The first-order valence-electron chi connectivity index (χ1n) is 9.81. The third kappa shape index (κ3) is 3.09. The minimum Gasteiger partial charge on any atom is -0.503 e. The summed E-state index contributed by atoms with van der Waals surface area (Å²) in [7, 11) is 0. The van der Waals surface area contributed by atoms with Crippen LogP contribution in [0.4, 0.5) is 5.69 Å². The van der Waals surface area contributed by atoms with Crippen LogP contribution in [0.1, 0.15) is 27.7 Å². The van der Waals surface area contributed by atoms with Gasteiger partial charge in [0, 0.05) is 23.5 Å². The number of aryl methyl sites for hydroxylation is 1. The predicted octanol–water partition coefficient (Wildman–Crippen LogP) is 4.92. The Balaban J connectivity index is 1.65. The number of ketones is 1. The lowest BCUT2D eigenvalue weighted by atomic mass is 9.96. The number of rotatable bonds is 4. The fraction of sp³-hybridized carbons (Fsp3) is 0.0800. The van der Waals surface area contributed by atoms with Crippen molar-refractivity contribution >= 4 is 28.3 Å². The van der Waals surface area contributed by atoms with E-state index in [0.717, 1.165) is 10.9 Å². The summed E-state index contributed by atoms with van der Waals surface area (Å²) >= 11 is 0. The van der Waals surface area contributed by atoms with Gasteiger partial charge in [0.15, 0.2) is 11.5 Å². The zero-order chi connectivity index (χ0) is 21.5. The number of fused-ring (bicyclic) bond motifs is 1. The van der Waals surface area contributed by atoms with Crippen molar-refractivity contribution in [1.29, 1.82) is 0 Å². The van der Waals surface area contributed by atoms with Crippen LogP contribution in [0.15, 0.2) is 94.9 Å². The number of Topliss-reactive ketones (excluding diaryl/α,β-unsaturated/α-hetero) is 1. The van der Waals surface area contributed by atoms with E-state index in [4.69, 9.17) is 4.42 Å². The van der Waals surface area contributed by atoms with E-state index in [1.165, 1.54) is 4.90 Å². The minimum atomic E-state index is -0.829. The zero-order valence-corrected chi connectivity index (χ0v) is 16.6. The molecular weight excluding hydrogens is 392 g/mol. The van der Waals surface area contributed by atoms with Crippen molar-refractivity contribution in [1.82, 2.24) is 4.98 Å². The van der Waals surface area contributed by atoms with Crippen molar-refractivity contribution in [3.05, 3.63) is 107 Å². The smallest absolute Gasteiger partial charge is 0.294 e. The van der Waals surface area contributed by atoms with Gasteiger partial charge in [-0.3, -0.25) is 19.5 Å². The molecule has 1 aliphatic rings.